The Morgan fingerprint density at radius 2 is 1.89 bits per heavy atom. The van der Waals surface area contributed by atoms with Gasteiger partial charge in [0.2, 0.25) is 5.91 Å². The second kappa shape index (κ2) is 10.9. The quantitative estimate of drug-likeness (QED) is 0.424. The maximum absolute atomic E-state index is 11.5. The molecule has 104 valence electrons. The lowest BCUT2D eigenvalue weighted by Gasteiger charge is -2.11. The van der Waals surface area contributed by atoms with Crippen molar-refractivity contribution in [1.29, 1.82) is 0 Å². The predicted molar refractivity (Wildman–Crippen MR) is 70.3 cm³/mol. The molecule has 1 amide bonds. The summed E-state index contributed by atoms with van der Waals surface area (Å²) < 4.78 is 0. The second-order valence-corrected chi connectivity index (χ2v) is 4.46. The Morgan fingerprint density at radius 1 is 1.17 bits per heavy atom. The Kier molecular flexibility index (Phi) is 10.2. The van der Waals surface area contributed by atoms with Crippen LogP contribution in [0.2, 0.25) is 0 Å². The molecular weight excluding hydrogens is 232 g/mol. The highest BCUT2D eigenvalue weighted by molar-refractivity contribution is 5.80. The Morgan fingerprint density at radius 3 is 2.44 bits per heavy atom. The topological polar surface area (TPSA) is 75.3 Å². The molecule has 0 rings (SSSR count). The summed E-state index contributed by atoms with van der Waals surface area (Å²) in [5.74, 6) is -0.0803. The van der Waals surface area contributed by atoms with Gasteiger partial charge >= 0.3 is 0 Å². The highest BCUT2D eigenvalue weighted by Crippen LogP contribution is 2.01. The zero-order chi connectivity index (χ0) is 13.8. The molecule has 0 saturated carbocycles. The Balaban J connectivity index is 3.69. The number of unbranched alkanes of at least 4 members (excludes halogenated alkanes) is 2. The summed E-state index contributed by atoms with van der Waals surface area (Å²) in [6.07, 6.45) is 4.72. The third-order valence-corrected chi connectivity index (χ3v) is 2.65. The zero-order valence-corrected chi connectivity index (χ0v) is 11.3. The van der Waals surface area contributed by atoms with Crippen LogP contribution in [0, 0.1) is 0 Å². The molecule has 0 heterocycles. The van der Waals surface area contributed by atoms with Crippen LogP contribution in [0.5, 0.6) is 0 Å². The number of aldehydes is 1. The molecule has 0 aromatic carbocycles. The Hall–Kier alpha value is -1.23. The van der Waals surface area contributed by atoms with Crippen LogP contribution in [0.1, 0.15) is 45.4 Å². The normalized spacial score (nSPS) is 11.9. The molecule has 0 aliphatic heterocycles. The molecule has 2 N–H and O–H groups in total. The van der Waals surface area contributed by atoms with E-state index in [4.69, 9.17) is 0 Å². The number of Topliss-reactive ketones (excluding diaryl/α,β-unsaturated/α-hetero) is 1. The highest BCUT2D eigenvalue weighted by Gasteiger charge is 2.11. The van der Waals surface area contributed by atoms with Gasteiger partial charge in [0.15, 0.2) is 0 Å². The summed E-state index contributed by atoms with van der Waals surface area (Å²) in [7, 11) is 1.90. The van der Waals surface area contributed by atoms with E-state index in [0.29, 0.717) is 25.5 Å². The molecule has 1 atom stereocenters. The summed E-state index contributed by atoms with van der Waals surface area (Å²) in [6.45, 7) is 2.43. The first-order valence-corrected chi connectivity index (χ1v) is 6.48. The number of hydrogen-bond acceptors (Lipinski definition) is 4. The van der Waals surface area contributed by atoms with Crippen LogP contribution < -0.4 is 10.6 Å². The number of carbonyl (C=O) groups is 3. The van der Waals surface area contributed by atoms with Crippen molar-refractivity contribution in [3.8, 4) is 0 Å². The SMILES string of the molecule is CNCCCCCC(=O)NC(C=O)CCC(C)=O. The molecular formula is C13H24N2O3. The fraction of sp³-hybridized carbons (Fsp3) is 0.769. The summed E-state index contributed by atoms with van der Waals surface area (Å²) in [4.78, 5) is 33.0. The van der Waals surface area contributed by atoms with E-state index >= 15 is 0 Å². The molecule has 0 aliphatic rings. The first-order chi connectivity index (χ1) is 8.60. The van der Waals surface area contributed by atoms with Crippen molar-refractivity contribution in [2.24, 2.45) is 0 Å². The maximum atomic E-state index is 11.5. The van der Waals surface area contributed by atoms with E-state index in [2.05, 4.69) is 10.6 Å². The van der Waals surface area contributed by atoms with E-state index in [-0.39, 0.29) is 11.7 Å². The molecule has 0 aromatic heterocycles. The molecule has 1 unspecified atom stereocenters. The number of ketones is 1. The monoisotopic (exact) mass is 256 g/mol. The largest absolute Gasteiger partial charge is 0.347 e. The van der Waals surface area contributed by atoms with Crippen molar-refractivity contribution in [2.75, 3.05) is 13.6 Å². The van der Waals surface area contributed by atoms with E-state index in [1.54, 1.807) is 0 Å². The molecule has 0 radical (unpaired) electrons. The van der Waals surface area contributed by atoms with Gasteiger partial charge in [-0.3, -0.25) is 4.79 Å². The minimum absolute atomic E-state index is 0.0307. The van der Waals surface area contributed by atoms with Crippen LogP contribution >= 0.6 is 0 Å². The first-order valence-electron chi connectivity index (χ1n) is 6.48. The number of hydrogen-bond donors (Lipinski definition) is 2. The van der Waals surface area contributed by atoms with Gasteiger partial charge in [-0.1, -0.05) is 6.42 Å². The van der Waals surface area contributed by atoms with Gasteiger partial charge in [-0.05, 0) is 39.8 Å². The van der Waals surface area contributed by atoms with E-state index in [0.717, 1.165) is 25.8 Å². The third-order valence-electron chi connectivity index (χ3n) is 2.65. The molecule has 5 heteroatoms. The standard InChI is InChI=1S/C13H24N2O3/c1-11(17)7-8-12(10-16)15-13(18)6-4-3-5-9-14-2/h10,12,14H,3-9H2,1-2H3,(H,15,18). The molecule has 0 aromatic rings. The third kappa shape index (κ3) is 9.96. The lowest BCUT2D eigenvalue weighted by atomic mass is 10.1. The van der Waals surface area contributed by atoms with Crippen molar-refractivity contribution in [3.05, 3.63) is 0 Å². The van der Waals surface area contributed by atoms with Gasteiger partial charge in [-0.2, -0.15) is 0 Å². The minimum atomic E-state index is -0.529. The molecule has 5 nitrogen and oxygen atoms in total. The molecule has 0 fully saturated rings. The van der Waals surface area contributed by atoms with Crippen molar-refractivity contribution in [3.63, 3.8) is 0 Å². The number of nitrogens with one attached hydrogen (secondary N) is 2. The van der Waals surface area contributed by atoms with Crippen LogP contribution in [0.4, 0.5) is 0 Å². The van der Waals surface area contributed by atoms with Crippen molar-refractivity contribution in [2.45, 2.75) is 51.5 Å². The fourth-order valence-electron chi connectivity index (χ4n) is 1.58. The summed E-state index contributed by atoms with van der Waals surface area (Å²) in [5, 5.41) is 5.68. The average Bonchev–Trinajstić information content (AvgIpc) is 2.34. The lowest BCUT2D eigenvalue weighted by Crippen LogP contribution is -2.36. The van der Waals surface area contributed by atoms with Crippen molar-refractivity contribution >= 4 is 18.0 Å². The number of rotatable bonds is 11. The smallest absolute Gasteiger partial charge is 0.220 e. The van der Waals surface area contributed by atoms with Crippen LogP contribution in [0.25, 0.3) is 0 Å². The van der Waals surface area contributed by atoms with Gasteiger partial charge in [0, 0.05) is 12.8 Å². The second-order valence-electron chi connectivity index (χ2n) is 4.46. The summed E-state index contributed by atoms with van der Waals surface area (Å²) in [6, 6.07) is -0.529. The first kappa shape index (κ1) is 16.8. The van der Waals surface area contributed by atoms with Gasteiger partial charge in [0.25, 0.3) is 0 Å². The van der Waals surface area contributed by atoms with Gasteiger partial charge < -0.3 is 20.2 Å². The number of amides is 1. The maximum Gasteiger partial charge on any atom is 0.220 e. The Labute approximate surface area is 109 Å². The summed E-state index contributed by atoms with van der Waals surface area (Å²) in [5.41, 5.74) is 0. The Bertz CT molecular complexity index is 267. The highest BCUT2D eigenvalue weighted by atomic mass is 16.2. The van der Waals surface area contributed by atoms with Gasteiger partial charge in [0.1, 0.15) is 12.1 Å². The van der Waals surface area contributed by atoms with E-state index < -0.39 is 6.04 Å². The van der Waals surface area contributed by atoms with Gasteiger partial charge in [0.05, 0.1) is 6.04 Å². The fourth-order valence-corrected chi connectivity index (χ4v) is 1.58. The van der Waals surface area contributed by atoms with Crippen LogP contribution in [-0.4, -0.2) is 37.6 Å². The average molecular weight is 256 g/mol. The van der Waals surface area contributed by atoms with Crippen molar-refractivity contribution < 1.29 is 14.4 Å². The molecule has 0 bridgehead atoms. The van der Waals surface area contributed by atoms with Crippen LogP contribution in [-0.2, 0) is 14.4 Å². The van der Waals surface area contributed by atoms with Crippen molar-refractivity contribution in [1.82, 2.24) is 10.6 Å². The molecule has 0 spiro atoms. The van der Waals surface area contributed by atoms with Gasteiger partial charge in [-0.15, -0.1) is 0 Å². The van der Waals surface area contributed by atoms with Gasteiger partial charge in [-0.25, -0.2) is 0 Å². The van der Waals surface area contributed by atoms with E-state index in [1.165, 1.54) is 6.92 Å². The van der Waals surface area contributed by atoms with Crippen LogP contribution in [0.3, 0.4) is 0 Å². The molecule has 18 heavy (non-hydrogen) atoms. The van der Waals surface area contributed by atoms with E-state index in [9.17, 15) is 14.4 Å². The molecule has 0 saturated heterocycles. The van der Waals surface area contributed by atoms with E-state index in [1.807, 2.05) is 7.05 Å². The number of carbonyl (C=O) groups excluding carboxylic acids is 3. The zero-order valence-electron chi connectivity index (χ0n) is 11.3. The molecule has 0 aliphatic carbocycles. The minimum Gasteiger partial charge on any atom is -0.347 e. The lowest BCUT2D eigenvalue weighted by molar-refractivity contribution is -0.124. The van der Waals surface area contributed by atoms with Crippen LogP contribution in [0.15, 0.2) is 0 Å². The summed E-state index contributed by atoms with van der Waals surface area (Å²) >= 11 is 0. The predicted octanol–water partition coefficient (Wildman–Crippen LogP) is 0.819.